The van der Waals surface area contributed by atoms with Crippen LogP contribution in [0.25, 0.3) is 0 Å². The first-order chi connectivity index (χ1) is 5.41. The lowest BCUT2D eigenvalue weighted by atomic mass is 10.4. The molecule has 1 aliphatic heterocycles. The lowest BCUT2D eigenvalue weighted by Crippen LogP contribution is -3.00. The lowest BCUT2D eigenvalue weighted by Gasteiger charge is -2.32. The van der Waals surface area contributed by atoms with Crippen molar-refractivity contribution in [3.8, 4) is 0 Å². The van der Waals surface area contributed by atoms with Crippen LogP contribution in [-0.4, -0.2) is 51.5 Å². The minimum Gasteiger partial charge on any atom is -1.00 e. The molecule has 1 aliphatic rings. The molecule has 0 aliphatic carbocycles. The Bertz CT molecular complexity index is 194. The van der Waals surface area contributed by atoms with E-state index in [2.05, 4.69) is 14.1 Å². The van der Waals surface area contributed by atoms with Crippen LogP contribution in [0.2, 0.25) is 0 Å². The maximum atomic E-state index is 11.4. The molecule has 0 N–H and O–H groups in total. The zero-order valence-corrected chi connectivity index (χ0v) is 11.4. The standard InChI is InChI=1S/C7H17NO3P.HI/c1-8(2)4-6-10-12(3,9)11-7-5-8;/h4-7H2,1-3H3;1H/q+1;/p-1. The lowest BCUT2D eigenvalue weighted by molar-refractivity contribution is -0.891. The van der Waals surface area contributed by atoms with E-state index in [1.54, 1.807) is 0 Å². The quantitative estimate of drug-likeness (QED) is 0.292. The van der Waals surface area contributed by atoms with Gasteiger partial charge in [-0.25, -0.2) is 0 Å². The highest BCUT2D eigenvalue weighted by atomic mass is 127. The van der Waals surface area contributed by atoms with Gasteiger partial charge in [0.15, 0.2) is 0 Å². The monoisotopic (exact) mass is 321 g/mol. The van der Waals surface area contributed by atoms with Gasteiger partial charge in [-0.1, -0.05) is 0 Å². The molecule has 0 amide bonds. The fourth-order valence-corrected chi connectivity index (χ4v) is 1.96. The Hall–Kier alpha value is 0.840. The van der Waals surface area contributed by atoms with Gasteiger partial charge < -0.3 is 37.5 Å². The van der Waals surface area contributed by atoms with Crippen LogP contribution >= 0.6 is 7.60 Å². The SMILES string of the molecule is C[N+]1(C)CCOP(C)(=O)OCC1.[I-]. The summed E-state index contributed by atoms with van der Waals surface area (Å²) in [4.78, 5) is 0. The summed E-state index contributed by atoms with van der Waals surface area (Å²) in [5.74, 6) is 0. The van der Waals surface area contributed by atoms with Gasteiger partial charge >= 0.3 is 7.60 Å². The van der Waals surface area contributed by atoms with Crippen LogP contribution < -0.4 is 24.0 Å². The van der Waals surface area contributed by atoms with Gasteiger partial charge in [0.05, 0.1) is 14.1 Å². The topological polar surface area (TPSA) is 35.5 Å². The van der Waals surface area contributed by atoms with Gasteiger partial charge in [0.25, 0.3) is 0 Å². The molecule has 0 bridgehead atoms. The Morgan fingerprint density at radius 2 is 1.54 bits per heavy atom. The third kappa shape index (κ3) is 5.32. The fraction of sp³-hybridized carbons (Fsp3) is 1.00. The van der Waals surface area contributed by atoms with Crippen LogP contribution in [-0.2, 0) is 13.6 Å². The highest BCUT2D eigenvalue weighted by Gasteiger charge is 2.25. The molecule has 1 rings (SSSR count). The summed E-state index contributed by atoms with van der Waals surface area (Å²) in [5.41, 5.74) is 0. The molecule has 0 saturated carbocycles. The first-order valence-electron chi connectivity index (χ1n) is 4.10. The molecule has 0 aromatic heterocycles. The van der Waals surface area contributed by atoms with Gasteiger partial charge in [-0.05, 0) is 0 Å². The second kappa shape index (κ2) is 5.07. The van der Waals surface area contributed by atoms with Crippen molar-refractivity contribution in [3.05, 3.63) is 0 Å². The van der Waals surface area contributed by atoms with Crippen LogP contribution in [0, 0.1) is 0 Å². The average molecular weight is 321 g/mol. The molecule has 0 aromatic carbocycles. The number of nitrogens with zero attached hydrogens (tertiary/aromatic N) is 1. The van der Waals surface area contributed by atoms with E-state index in [0.717, 1.165) is 17.6 Å². The van der Waals surface area contributed by atoms with Crippen molar-refractivity contribution in [2.24, 2.45) is 0 Å². The van der Waals surface area contributed by atoms with Crippen molar-refractivity contribution in [1.82, 2.24) is 0 Å². The largest absolute Gasteiger partial charge is 1.00 e. The van der Waals surface area contributed by atoms with Crippen LogP contribution in [0.15, 0.2) is 0 Å². The Morgan fingerprint density at radius 3 is 1.92 bits per heavy atom. The van der Waals surface area contributed by atoms with Crippen molar-refractivity contribution in [3.63, 3.8) is 0 Å². The van der Waals surface area contributed by atoms with Crippen LogP contribution in [0.1, 0.15) is 0 Å². The number of hydrogen-bond acceptors (Lipinski definition) is 3. The maximum Gasteiger partial charge on any atom is 0.328 e. The molecule has 4 nitrogen and oxygen atoms in total. The van der Waals surface area contributed by atoms with Crippen molar-refractivity contribution >= 4 is 7.60 Å². The molecule has 0 spiro atoms. The molecule has 1 fully saturated rings. The molecule has 1 heterocycles. The van der Waals surface area contributed by atoms with E-state index in [0.29, 0.717) is 13.2 Å². The van der Waals surface area contributed by atoms with Gasteiger partial charge in [-0.2, -0.15) is 0 Å². The van der Waals surface area contributed by atoms with Gasteiger partial charge in [0, 0.05) is 6.66 Å². The molecule has 0 aromatic rings. The van der Waals surface area contributed by atoms with E-state index in [1.165, 1.54) is 6.66 Å². The number of rotatable bonds is 0. The van der Waals surface area contributed by atoms with Crippen LogP contribution in [0.5, 0.6) is 0 Å². The molecular formula is C7H17INO3P. The maximum absolute atomic E-state index is 11.4. The highest BCUT2D eigenvalue weighted by molar-refractivity contribution is 7.52. The van der Waals surface area contributed by atoms with E-state index in [9.17, 15) is 4.57 Å². The number of hydrogen-bond donors (Lipinski definition) is 0. The zero-order chi connectivity index (χ0) is 9.24. The van der Waals surface area contributed by atoms with Crippen molar-refractivity contribution < 1.29 is 42.1 Å². The first-order valence-corrected chi connectivity index (χ1v) is 6.09. The smallest absolute Gasteiger partial charge is 0.328 e. The summed E-state index contributed by atoms with van der Waals surface area (Å²) in [7, 11) is 1.50. The molecule has 0 radical (unpaired) electrons. The Kier molecular flexibility index (Phi) is 5.40. The predicted octanol–water partition coefficient (Wildman–Crippen LogP) is -2.06. The molecule has 0 atom stereocenters. The second-order valence-electron chi connectivity index (χ2n) is 3.82. The Morgan fingerprint density at radius 1 is 1.15 bits per heavy atom. The summed E-state index contributed by atoms with van der Waals surface area (Å²) >= 11 is 0. The number of halogens is 1. The minimum absolute atomic E-state index is 0. The van der Waals surface area contributed by atoms with Crippen molar-refractivity contribution in [2.45, 2.75) is 0 Å². The third-order valence-corrected chi connectivity index (χ3v) is 3.35. The molecule has 0 unspecified atom stereocenters. The van der Waals surface area contributed by atoms with E-state index in [-0.39, 0.29) is 24.0 Å². The summed E-state index contributed by atoms with van der Waals surface area (Å²) < 4.78 is 22.5. The molecule has 6 heteroatoms. The molecule has 80 valence electrons. The second-order valence-corrected chi connectivity index (χ2v) is 5.88. The van der Waals surface area contributed by atoms with E-state index in [4.69, 9.17) is 9.05 Å². The van der Waals surface area contributed by atoms with Crippen molar-refractivity contribution in [2.75, 3.05) is 47.1 Å². The molecular weight excluding hydrogens is 304 g/mol. The summed E-state index contributed by atoms with van der Waals surface area (Å²) in [5, 5.41) is 0. The predicted molar refractivity (Wildman–Crippen MR) is 47.3 cm³/mol. The first kappa shape index (κ1) is 13.8. The Labute approximate surface area is 96.7 Å². The summed E-state index contributed by atoms with van der Waals surface area (Å²) in [6.45, 7) is 4.34. The normalized spacial score (nSPS) is 26.7. The van der Waals surface area contributed by atoms with E-state index in [1.807, 2.05) is 0 Å². The summed E-state index contributed by atoms with van der Waals surface area (Å²) in [6, 6.07) is 0. The minimum atomic E-state index is -2.72. The number of likely N-dealkylation sites (N-methyl/N-ethyl adjacent to an activating group) is 1. The molecule has 13 heavy (non-hydrogen) atoms. The highest BCUT2D eigenvalue weighted by Crippen LogP contribution is 2.44. The summed E-state index contributed by atoms with van der Waals surface area (Å²) in [6.07, 6.45) is 0. The Balaban J connectivity index is 0.00000144. The number of quaternary nitrogens is 1. The van der Waals surface area contributed by atoms with Crippen molar-refractivity contribution in [1.29, 1.82) is 0 Å². The van der Waals surface area contributed by atoms with Gasteiger partial charge in [0.1, 0.15) is 26.3 Å². The average Bonchev–Trinajstić information content (AvgIpc) is 1.82. The fourth-order valence-electron chi connectivity index (χ4n) is 1.06. The van der Waals surface area contributed by atoms with Gasteiger partial charge in [-0.15, -0.1) is 0 Å². The van der Waals surface area contributed by atoms with Crippen LogP contribution in [0.4, 0.5) is 0 Å². The van der Waals surface area contributed by atoms with Gasteiger partial charge in [0.2, 0.25) is 0 Å². The molecule has 1 saturated heterocycles. The van der Waals surface area contributed by atoms with Gasteiger partial charge in [-0.3, -0.25) is 4.57 Å². The van der Waals surface area contributed by atoms with E-state index >= 15 is 0 Å². The van der Waals surface area contributed by atoms with E-state index < -0.39 is 7.60 Å². The van der Waals surface area contributed by atoms with Crippen LogP contribution in [0.3, 0.4) is 0 Å². The third-order valence-electron chi connectivity index (χ3n) is 2.04. The zero-order valence-electron chi connectivity index (χ0n) is 8.33.